The van der Waals surface area contributed by atoms with E-state index in [-0.39, 0.29) is 42.8 Å². The Bertz CT molecular complexity index is 413. The summed E-state index contributed by atoms with van der Waals surface area (Å²) in [5.41, 5.74) is -1.35. The molecule has 1 heterocycles. The van der Waals surface area contributed by atoms with Crippen molar-refractivity contribution in [3.8, 4) is 0 Å². The van der Waals surface area contributed by atoms with Crippen LogP contribution in [0.3, 0.4) is 0 Å². The predicted octanol–water partition coefficient (Wildman–Crippen LogP) is 2.71. The summed E-state index contributed by atoms with van der Waals surface area (Å²) in [6.45, 7) is 11.6. The van der Waals surface area contributed by atoms with Crippen molar-refractivity contribution in [2.75, 3.05) is 13.2 Å². The minimum atomic E-state index is -0.526. The van der Waals surface area contributed by atoms with E-state index in [0.29, 0.717) is 0 Å². The van der Waals surface area contributed by atoms with E-state index in [9.17, 15) is 9.59 Å². The molecule has 0 aromatic carbocycles. The van der Waals surface area contributed by atoms with Crippen LogP contribution in [0.1, 0.15) is 54.4 Å². The van der Waals surface area contributed by atoms with Gasteiger partial charge in [0.1, 0.15) is 13.2 Å². The SMILES string of the molecule is CC(C)(C)C(=O)OCC1(COC(=O)C(C)(C)C)CC2OC2C1. The Labute approximate surface area is 132 Å². The number of epoxide rings is 1. The first-order valence-corrected chi connectivity index (χ1v) is 7.93. The highest BCUT2D eigenvalue weighted by atomic mass is 16.6. The van der Waals surface area contributed by atoms with Crippen molar-refractivity contribution in [2.45, 2.75) is 66.6 Å². The molecule has 126 valence electrons. The summed E-state index contributed by atoms with van der Waals surface area (Å²) in [5, 5.41) is 0. The molecule has 5 heteroatoms. The maximum atomic E-state index is 12.0. The molecule has 0 amide bonds. The molecule has 1 saturated heterocycles. The Kier molecular flexibility index (Phi) is 4.33. The van der Waals surface area contributed by atoms with Gasteiger partial charge < -0.3 is 14.2 Å². The number of hydrogen-bond donors (Lipinski definition) is 0. The van der Waals surface area contributed by atoms with Crippen LogP contribution in [0.5, 0.6) is 0 Å². The lowest BCUT2D eigenvalue weighted by atomic mass is 9.87. The van der Waals surface area contributed by atoms with Crippen LogP contribution in [-0.2, 0) is 23.8 Å². The number of carbonyl (C=O) groups is 2. The Hall–Kier alpha value is -1.10. The van der Waals surface area contributed by atoms with E-state index < -0.39 is 10.8 Å². The van der Waals surface area contributed by atoms with Crippen molar-refractivity contribution in [1.82, 2.24) is 0 Å². The number of fused-ring (bicyclic) bond motifs is 1. The maximum absolute atomic E-state index is 12.0. The monoisotopic (exact) mass is 312 g/mol. The molecule has 0 N–H and O–H groups in total. The Morgan fingerprint density at radius 3 is 1.59 bits per heavy atom. The molecule has 1 saturated carbocycles. The molecule has 1 aliphatic heterocycles. The molecule has 0 aromatic heterocycles. The van der Waals surface area contributed by atoms with Gasteiger partial charge in [-0.05, 0) is 54.4 Å². The summed E-state index contributed by atoms with van der Waals surface area (Å²) >= 11 is 0. The van der Waals surface area contributed by atoms with Gasteiger partial charge in [0.15, 0.2) is 0 Å². The van der Waals surface area contributed by atoms with Crippen molar-refractivity contribution < 1.29 is 23.8 Å². The van der Waals surface area contributed by atoms with Gasteiger partial charge >= 0.3 is 11.9 Å². The third-order valence-corrected chi connectivity index (χ3v) is 4.20. The third kappa shape index (κ3) is 4.00. The average molecular weight is 312 g/mol. The molecule has 2 rings (SSSR count). The second-order valence-corrected chi connectivity index (χ2v) is 8.77. The lowest BCUT2D eigenvalue weighted by molar-refractivity contribution is -0.165. The van der Waals surface area contributed by atoms with E-state index >= 15 is 0 Å². The summed E-state index contributed by atoms with van der Waals surface area (Å²) in [5.74, 6) is -0.453. The van der Waals surface area contributed by atoms with E-state index in [1.807, 2.05) is 41.5 Å². The van der Waals surface area contributed by atoms with Gasteiger partial charge in [-0.25, -0.2) is 0 Å². The quantitative estimate of drug-likeness (QED) is 0.590. The minimum absolute atomic E-state index is 0.226. The highest BCUT2D eigenvalue weighted by Gasteiger charge is 2.57. The van der Waals surface area contributed by atoms with Crippen LogP contribution < -0.4 is 0 Å². The van der Waals surface area contributed by atoms with Crippen LogP contribution in [0.25, 0.3) is 0 Å². The van der Waals surface area contributed by atoms with Crippen molar-refractivity contribution in [2.24, 2.45) is 16.2 Å². The average Bonchev–Trinajstić information content (AvgIpc) is 2.99. The molecule has 2 fully saturated rings. The Morgan fingerprint density at radius 2 is 1.27 bits per heavy atom. The van der Waals surface area contributed by atoms with Gasteiger partial charge in [-0.2, -0.15) is 0 Å². The Morgan fingerprint density at radius 1 is 0.909 bits per heavy atom. The molecule has 0 bridgehead atoms. The molecule has 1 aliphatic carbocycles. The van der Waals surface area contributed by atoms with E-state index in [1.165, 1.54) is 0 Å². The van der Waals surface area contributed by atoms with Gasteiger partial charge in [0.2, 0.25) is 0 Å². The summed E-state index contributed by atoms with van der Waals surface area (Å²) < 4.78 is 16.5. The molecule has 0 spiro atoms. The normalized spacial score (nSPS) is 26.3. The number of carbonyl (C=O) groups excluding carboxylic acids is 2. The molecule has 22 heavy (non-hydrogen) atoms. The molecule has 2 unspecified atom stereocenters. The van der Waals surface area contributed by atoms with Gasteiger partial charge in [0.25, 0.3) is 0 Å². The second-order valence-electron chi connectivity index (χ2n) is 8.77. The largest absolute Gasteiger partial charge is 0.465 e. The van der Waals surface area contributed by atoms with Crippen LogP contribution in [0.2, 0.25) is 0 Å². The Balaban J connectivity index is 1.94. The van der Waals surface area contributed by atoms with E-state index in [0.717, 1.165) is 12.8 Å². The van der Waals surface area contributed by atoms with Crippen LogP contribution in [-0.4, -0.2) is 37.4 Å². The zero-order valence-electron chi connectivity index (χ0n) is 14.5. The summed E-state index contributed by atoms with van der Waals surface area (Å²) in [7, 11) is 0. The number of esters is 2. The zero-order chi connectivity index (χ0) is 16.8. The molecule has 2 aliphatic rings. The highest BCUT2D eigenvalue weighted by Crippen LogP contribution is 2.50. The van der Waals surface area contributed by atoms with Crippen LogP contribution in [0.4, 0.5) is 0 Å². The smallest absolute Gasteiger partial charge is 0.311 e. The highest BCUT2D eigenvalue weighted by molar-refractivity contribution is 5.76. The molecule has 0 aromatic rings. The molecule has 0 radical (unpaired) electrons. The molecular formula is C17H28O5. The van der Waals surface area contributed by atoms with Gasteiger partial charge in [-0.3, -0.25) is 9.59 Å². The number of hydrogen-bond acceptors (Lipinski definition) is 5. The first-order chi connectivity index (χ1) is 9.93. The summed E-state index contributed by atoms with van der Waals surface area (Å²) in [6, 6.07) is 0. The first-order valence-electron chi connectivity index (χ1n) is 7.93. The van der Waals surface area contributed by atoms with Gasteiger partial charge in [-0.1, -0.05) is 0 Å². The minimum Gasteiger partial charge on any atom is -0.465 e. The lowest BCUT2D eigenvalue weighted by Crippen LogP contribution is -2.37. The maximum Gasteiger partial charge on any atom is 0.311 e. The standard InChI is InChI=1S/C17H28O5/c1-15(2,3)13(18)20-9-17(7-11-12(8-17)22-11)10-21-14(19)16(4,5)6/h11-12H,7-10H2,1-6H3. The van der Waals surface area contributed by atoms with E-state index in [4.69, 9.17) is 14.2 Å². The number of ether oxygens (including phenoxy) is 3. The van der Waals surface area contributed by atoms with E-state index in [1.54, 1.807) is 0 Å². The fraction of sp³-hybridized carbons (Fsp3) is 0.882. The fourth-order valence-corrected chi connectivity index (χ4v) is 2.62. The lowest BCUT2D eigenvalue weighted by Gasteiger charge is -2.31. The van der Waals surface area contributed by atoms with Crippen molar-refractivity contribution >= 4 is 11.9 Å². The van der Waals surface area contributed by atoms with Crippen LogP contribution >= 0.6 is 0 Å². The van der Waals surface area contributed by atoms with Crippen LogP contribution in [0.15, 0.2) is 0 Å². The van der Waals surface area contributed by atoms with Crippen molar-refractivity contribution in [1.29, 1.82) is 0 Å². The third-order valence-electron chi connectivity index (χ3n) is 4.20. The first kappa shape index (κ1) is 17.3. The second kappa shape index (κ2) is 5.52. The summed E-state index contributed by atoms with van der Waals surface area (Å²) in [4.78, 5) is 24.0. The summed E-state index contributed by atoms with van der Waals surface area (Å²) in [6.07, 6.45) is 2.04. The zero-order valence-corrected chi connectivity index (χ0v) is 14.5. The van der Waals surface area contributed by atoms with Crippen molar-refractivity contribution in [3.63, 3.8) is 0 Å². The molecule has 2 atom stereocenters. The van der Waals surface area contributed by atoms with Gasteiger partial charge in [0, 0.05) is 5.41 Å². The molecular weight excluding hydrogens is 284 g/mol. The fourth-order valence-electron chi connectivity index (χ4n) is 2.62. The van der Waals surface area contributed by atoms with Crippen LogP contribution in [0, 0.1) is 16.2 Å². The topological polar surface area (TPSA) is 65.1 Å². The number of rotatable bonds is 4. The van der Waals surface area contributed by atoms with Gasteiger partial charge in [0.05, 0.1) is 23.0 Å². The van der Waals surface area contributed by atoms with Crippen molar-refractivity contribution in [3.05, 3.63) is 0 Å². The molecule has 5 nitrogen and oxygen atoms in total. The van der Waals surface area contributed by atoms with E-state index in [2.05, 4.69) is 0 Å². The van der Waals surface area contributed by atoms with Gasteiger partial charge in [-0.15, -0.1) is 0 Å². The predicted molar refractivity (Wildman–Crippen MR) is 81.2 cm³/mol.